The Balaban J connectivity index is 1.90. The monoisotopic (exact) mass is 386 g/mol. The molecule has 9 nitrogen and oxygen atoms in total. The van der Waals surface area contributed by atoms with Gasteiger partial charge in [0.2, 0.25) is 0 Å². The Hall–Kier alpha value is -3.23. The van der Waals surface area contributed by atoms with Gasteiger partial charge in [0.05, 0.1) is 18.4 Å². The molecule has 1 fully saturated rings. The number of nitro groups is 1. The van der Waals surface area contributed by atoms with Crippen molar-refractivity contribution in [3.8, 4) is 5.69 Å². The number of benzene rings is 1. The number of carbonyl (C=O) groups excluding carboxylic acids is 2. The predicted molar refractivity (Wildman–Crippen MR) is 100 cm³/mol. The zero-order valence-corrected chi connectivity index (χ0v) is 15.8. The van der Waals surface area contributed by atoms with Crippen molar-refractivity contribution in [2.75, 3.05) is 7.11 Å². The highest BCUT2D eigenvalue weighted by atomic mass is 16.6. The number of rotatable bonds is 5. The number of hydrogen-bond donors (Lipinski definition) is 1. The summed E-state index contributed by atoms with van der Waals surface area (Å²) in [5, 5.41) is 14.3. The number of aromatic nitrogens is 2. The highest BCUT2D eigenvalue weighted by Gasteiger charge is 2.43. The molecule has 1 aromatic carbocycles. The molecule has 148 valence electrons. The Morgan fingerprint density at radius 1 is 1.36 bits per heavy atom. The van der Waals surface area contributed by atoms with Crippen molar-refractivity contribution in [1.82, 2.24) is 14.9 Å². The zero-order valence-electron chi connectivity index (χ0n) is 15.8. The summed E-state index contributed by atoms with van der Waals surface area (Å²) in [5.41, 5.74) is -0.920. The summed E-state index contributed by atoms with van der Waals surface area (Å²) >= 11 is 0. The summed E-state index contributed by atoms with van der Waals surface area (Å²) in [4.78, 5) is 40.1. The molecule has 3 rings (SSSR count). The van der Waals surface area contributed by atoms with Crippen molar-refractivity contribution in [2.24, 2.45) is 5.92 Å². The maximum Gasteiger partial charge on any atom is 0.331 e. The van der Waals surface area contributed by atoms with Crippen LogP contribution >= 0.6 is 0 Å². The first-order valence-corrected chi connectivity index (χ1v) is 9.04. The van der Waals surface area contributed by atoms with E-state index in [0.717, 1.165) is 12.8 Å². The van der Waals surface area contributed by atoms with Crippen molar-refractivity contribution >= 4 is 17.6 Å². The van der Waals surface area contributed by atoms with Gasteiger partial charge in [-0.1, -0.05) is 6.92 Å². The predicted octanol–water partition coefficient (Wildman–Crippen LogP) is 2.63. The van der Waals surface area contributed by atoms with E-state index in [4.69, 9.17) is 4.74 Å². The third-order valence-corrected chi connectivity index (χ3v) is 5.27. The van der Waals surface area contributed by atoms with Crippen LogP contribution in [0.3, 0.4) is 0 Å². The van der Waals surface area contributed by atoms with Crippen LogP contribution in [0.15, 0.2) is 36.9 Å². The number of methoxy groups -OCH3 is 1. The Morgan fingerprint density at radius 2 is 2.07 bits per heavy atom. The SMILES string of the molecule is COC(=O)C1(NC(=O)c2ccc(-n3ccnc3)c([N+](=O)[O-])c2)CCC(C)CC1. The molecule has 9 heteroatoms. The Morgan fingerprint density at radius 3 is 2.64 bits per heavy atom. The van der Waals surface area contributed by atoms with Gasteiger partial charge in [0, 0.05) is 24.0 Å². The van der Waals surface area contributed by atoms with Gasteiger partial charge in [0.15, 0.2) is 0 Å². The molecule has 1 aliphatic carbocycles. The van der Waals surface area contributed by atoms with Gasteiger partial charge in [-0.15, -0.1) is 0 Å². The minimum Gasteiger partial charge on any atom is -0.467 e. The largest absolute Gasteiger partial charge is 0.467 e. The van der Waals surface area contributed by atoms with Gasteiger partial charge in [0.1, 0.15) is 11.2 Å². The number of amides is 1. The van der Waals surface area contributed by atoms with Gasteiger partial charge in [-0.25, -0.2) is 9.78 Å². The summed E-state index contributed by atoms with van der Waals surface area (Å²) in [6.45, 7) is 2.10. The van der Waals surface area contributed by atoms with Gasteiger partial charge < -0.3 is 14.6 Å². The summed E-state index contributed by atoms with van der Waals surface area (Å²) < 4.78 is 6.42. The maximum atomic E-state index is 12.8. The number of nitrogens with zero attached hydrogens (tertiary/aromatic N) is 3. The number of imidazole rings is 1. The average molecular weight is 386 g/mol. The van der Waals surface area contributed by atoms with Crippen LogP contribution in [-0.2, 0) is 9.53 Å². The molecule has 2 aromatic rings. The molecule has 0 aliphatic heterocycles. The summed E-state index contributed by atoms with van der Waals surface area (Å²) in [5.74, 6) is -0.567. The highest BCUT2D eigenvalue weighted by Crippen LogP contribution is 2.33. The van der Waals surface area contributed by atoms with Crippen LogP contribution in [0, 0.1) is 16.0 Å². The smallest absolute Gasteiger partial charge is 0.331 e. The molecule has 0 radical (unpaired) electrons. The third kappa shape index (κ3) is 3.73. The molecule has 0 atom stereocenters. The Bertz CT molecular complexity index is 886. The van der Waals surface area contributed by atoms with Crippen molar-refractivity contribution in [1.29, 1.82) is 0 Å². The molecule has 1 amide bonds. The second-order valence-electron chi connectivity index (χ2n) is 7.14. The molecule has 0 saturated heterocycles. The average Bonchev–Trinajstić information content (AvgIpc) is 3.23. The number of nitrogens with one attached hydrogen (secondary N) is 1. The minimum absolute atomic E-state index is 0.109. The van der Waals surface area contributed by atoms with Gasteiger partial charge in [-0.3, -0.25) is 14.9 Å². The second-order valence-corrected chi connectivity index (χ2v) is 7.14. The molecule has 1 aliphatic rings. The Kier molecular flexibility index (Phi) is 5.43. The Labute approximate surface area is 161 Å². The molecule has 0 spiro atoms. The number of nitro benzene ring substituents is 1. The van der Waals surface area contributed by atoms with E-state index in [9.17, 15) is 19.7 Å². The van der Waals surface area contributed by atoms with Gasteiger partial charge in [0.25, 0.3) is 11.6 Å². The minimum atomic E-state index is -1.10. The second kappa shape index (κ2) is 7.79. The first kappa shape index (κ1) is 19.5. The molecular formula is C19H22N4O5. The van der Waals surface area contributed by atoms with Crippen LogP contribution in [-0.4, -0.2) is 39.0 Å². The molecule has 0 bridgehead atoms. The van der Waals surface area contributed by atoms with Gasteiger partial charge in [-0.05, 0) is 43.7 Å². The fourth-order valence-electron chi connectivity index (χ4n) is 3.55. The quantitative estimate of drug-likeness (QED) is 0.480. The normalized spacial score (nSPS) is 21.7. The van der Waals surface area contributed by atoms with E-state index < -0.39 is 22.3 Å². The van der Waals surface area contributed by atoms with Gasteiger partial charge in [-0.2, -0.15) is 0 Å². The van der Waals surface area contributed by atoms with Crippen LogP contribution in [0.4, 0.5) is 5.69 Å². The van der Waals surface area contributed by atoms with E-state index in [1.54, 1.807) is 6.20 Å². The topological polar surface area (TPSA) is 116 Å². The molecule has 1 aromatic heterocycles. The standard InChI is InChI=1S/C19H22N4O5/c1-13-5-7-19(8-6-13,18(25)28-2)21-17(24)14-3-4-15(16(11-14)23(26)27)22-10-9-20-12-22/h3-4,9-13H,5-8H2,1-2H3,(H,21,24). The molecule has 1 heterocycles. The summed E-state index contributed by atoms with van der Waals surface area (Å²) in [6, 6.07) is 4.19. The van der Waals surface area contributed by atoms with Crippen LogP contribution in [0.2, 0.25) is 0 Å². The van der Waals surface area contributed by atoms with E-state index in [0.29, 0.717) is 24.4 Å². The van der Waals surface area contributed by atoms with E-state index in [1.165, 1.54) is 42.4 Å². The van der Waals surface area contributed by atoms with Crippen LogP contribution in [0.1, 0.15) is 43.0 Å². The third-order valence-electron chi connectivity index (χ3n) is 5.27. The molecular weight excluding hydrogens is 364 g/mol. The van der Waals surface area contributed by atoms with E-state index in [2.05, 4.69) is 17.2 Å². The van der Waals surface area contributed by atoms with Crippen molar-refractivity contribution in [2.45, 2.75) is 38.1 Å². The van der Waals surface area contributed by atoms with Crippen LogP contribution in [0.25, 0.3) is 5.69 Å². The van der Waals surface area contributed by atoms with Crippen molar-refractivity contribution < 1.29 is 19.2 Å². The lowest BCUT2D eigenvalue weighted by Crippen LogP contribution is -2.56. The first-order chi connectivity index (χ1) is 13.4. The first-order valence-electron chi connectivity index (χ1n) is 9.04. The summed E-state index contributed by atoms with van der Waals surface area (Å²) in [7, 11) is 1.29. The lowest BCUT2D eigenvalue weighted by molar-refractivity contribution is -0.384. The lowest BCUT2D eigenvalue weighted by Gasteiger charge is -2.37. The molecule has 28 heavy (non-hydrogen) atoms. The molecule has 0 unspecified atom stereocenters. The number of ether oxygens (including phenoxy) is 1. The number of carbonyl (C=O) groups is 2. The maximum absolute atomic E-state index is 12.8. The molecule has 1 saturated carbocycles. The molecule has 1 N–H and O–H groups in total. The fourth-order valence-corrected chi connectivity index (χ4v) is 3.55. The zero-order chi connectivity index (χ0) is 20.3. The van der Waals surface area contributed by atoms with Crippen molar-refractivity contribution in [3.05, 3.63) is 52.6 Å². The number of hydrogen-bond acceptors (Lipinski definition) is 6. The van der Waals surface area contributed by atoms with Crippen LogP contribution in [0.5, 0.6) is 0 Å². The summed E-state index contributed by atoms with van der Waals surface area (Å²) in [6.07, 6.45) is 7.05. The van der Waals surface area contributed by atoms with Gasteiger partial charge >= 0.3 is 5.97 Å². The highest BCUT2D eigenvalue weighted by molar-refractivity contribution is 5.99. The van der Waals surface area contributed by atoms with Crippen LogP contribution < -0.4 is 5.32 Å². The fraction of sp³-hybridized carbons (Fsp3) is 0.421. The van der Waals surface area contributed by atoms with E-state index in [-0.39, 0.29) is 11.3 Å². The van der Waals surface area contributed by atoms with Crippen molar-refractivity contribution in [3.63, 3.8) is 0 Å². The number of esters is 1. The lowest BCUT2D eigenvalue weighted by atomic mass is 9.77. The van der Waals surface area contributed by atoms with E-state index >= 15 is 0 Å². The van der Waals surface area contributed by atoms with E-state index in [1.807, 2.05) is 0 Å².